The molecule has 2 aromatic rings. The molecule has 0 amide bonds. The Balaban J connectivity index is 0.00000156. The summed E-state index contributed by atoms with van der Waals surface area (Å²) in [5.41, 5.74) is 5.67. The molecular formula is C14H15ClFN5S2. The van der Waals surface area contributed by atoms with Gasteiger partial charge < -0.3 is 10.6 Å². The Hall–Kier alpha value is -1.38. The minimum absolute atomic E-state index is 0. The predicted molar refractivity (Wildman–Crippen MR) is 95.0 cm³/mol. The summed E-state index contributed by atoms with van der Waals surface area (Å²) >= 11 is 3.29. The van der Waals surface area contributed by atoms with E-state index in [2.05, 4.69) is 26.3 Å². The predicted octanol–water partition coefficient (Wildman–Crippen LogP) is 2.49. The van der Waals surface area contributed by atoms with Gasteiger partial charge in [0.1, 0.15) is 5.54 Å². The van der Waals surface area contributed by atoms with Gasteiger partial charge in [-0.1, -0.05) is 17.8 Å². The molecule has 1 unspecified atom stereocenters. The largest absolute Gasteiger partial charge is 0.379 e. The quantitative estimate of drug-likeness (QED) is 0.878. The zero-order valence-electron chi connectivity index (χ0n) is 12.1. The second-order valence-corrected chi connectivity index (χ2v) is 7.43. The monoisotopic (exact) mass is 371 g/mol. The van der Waals surface area contributed by atoms with E-state index in [1.54, 1.807) is 23.1 Å². The molecule has 2 aliphatic heterocycles. The molecule has 9 heteroatoms. The number of nitrogens with two attached hydrogens (primary N) is 1. The van der Waals surface area contributed by atoms with Crippen LogP contribution < -0.4 is 10.6 Å². The molecule has 122 valence electrons. The highest BCUT2D eigenvalue weighted by molar-refractivity contribution is 8.13. The average molecular weight is 372 g/mol. The molecule has 0 aromatic carbocycles. The second kappa shape index (κ2) is 6.26. The van der Waals surface area contributed by atoms with Crippen LogP contribution in [-0.4, -0.2) is 34.0 Å². The molecule has 0 saturated carbocycles. The first kappa shape index (κ1) is 16.5. The number of fused-ring (bicyclic) bond motifs is 1. The van der Waals surface area contributed by atoms with Crippen molar-refractivity contribution in [1.82, 2.24) is 9.97 Å². The lowest BCUT2D eigenvalue weighted by Gasteiger charge is -2.33. The fourth-order valence-electron chi connectivity index (χ4n) is 3.11. The molecule has 0 aliphatic carbocycles. The Morgan fingerprint density at radius 1 is 1.35 bits per heavy atom. The summed E-state index contributed by atoms with van der Waals surface area (Å²) in [7, 11) is 0. The highest BCUT2D eigenvalue weighted by Crippen LogP contribution is 2.47. The van der Waals surface area contributed by atoms with Crippen molar-refractivity contribution in [3.8, 4) is 0 Å². The van der Waals surface area contributed by atoms with Crippen molar-refractivity contribution in [2.45, 2.75) is 5.54 Å². The number of aromatic nitrogens is 2. The molecule has 0 bridgehead atoms. The molecule has 0 radical (unpaired) electrons. The highest BCUT2D eigenvalue weighted by atomic mass is 35.5. The van der Waals surface area contributed by atoms with Gasteiger partial charge in [-0.3, -0.25) is 0 Å². The van der Waals surface area contributed by atoms with Crippen LogP contribution in [0.5, 0.6) is 0 Å². The Bertz CT molecular complexity index is 708. The van der Waals surface area contributed by atoms with E-state index in [1.165, 1.54) is 17.3 Å². The number of anilines is 1. The van der Waals surface area contributed by atoms with E-state index in [0.29, 0.717) is 23.6 Å². The number of halogens is 2. The summed E-state index contributed by atoms with van der Waals surface area (Å²) in [4.78, 5) is 16.3. The molecule has 23 heavy (non-hydrogen) atoms. The van der Waals surface area contributed by atoms with Gasteiger partial charge in [0.25, 0.3) is 0 Å². The van der Waals surface area contributed by atoms with Gasteiger partial charge in [-0.25, -0.2) is 19.4 Å². The number of hydrogen-bond acceptors (Lipinski definition) is 7. The topological polar surface area (TPSA) is 67.4 Å². The van der Waals surface area contributed by atoms with Crippen molar-refractivity contribution < 1.29 is 4.39 Å². The number of rotatable bonds is 2. The van der Waals surface area contributed by atoms with E-state index in [-0.39, 0.29) is 17.9 Å². The molecule has 0 spiro atoms. The standard InChI is InChI=1S/C14H14FN5S2.ClH/c15-10-4-17-13(18-5-10)20-6-9-7-22-12(16)19-14(9,8-20)11-2-1-3-21-11;/h1-5,9H,6-8H2,(H2,16,19);1H/t9-,14?;/m0./s1. The van der Waals surface area contributed by atoms with E-state index in [1.807, 2.05) is 6.07 Å². The van der Waals surface area contributed by atoms with Gasteiger partial charge in [0.05, 0.1) is 18.9 Å². The summed E-state index contributed by atoms with van der Waals surface area (Å²) in [5, 5.41) is 2.69. The molecule has 5 nitrogen and oxygen atoms in total. The van der Waals surface area contributed by atoms with Crippen LogP contribution in [0.3, 0.4) is 0 Å². The number of nitrogens with zero attached hydrogens (tertiary/aromatic N) is 4. The smallest absolute Gasteiger partial charge is 0.225 e. The maximum atomic E-state index is 13.0. The first-order valence-corrected chi connectivity index (χ1v) is 8.78. The maximum Gasteiger partial charge on any atom is 0.225 e. The van der Waals surface area contributed by atoms with E-state index in [0.717, 1.165) is 12.3 Å². The van der Waals surface area contributed by atoms with Crippen LogP contribution in [-0.2, 0) is 5.54 Å². The zero-order valence-corrected chi connectivity index (χ0v) is 14.5. The van der Waals surface area contributed by atoms with Crippen LogP contribution in [0.4, 0.5) is 10.3 Å². The summed E-state index contributed by atoms with van der Waals surface area (Å²) < 4.78 is 13.0. The number of thiophene rings is 1. The fraction of sp³-hybridized carbons (Fsp3) is 0.357. The number of thioether (sulfide) groups is 1. The summed E-state index contributed by atoms with van der Waals surface area (Å²) in [6.07, 6.45) is 2.41. The summed E-state index contributed by atoms with van der Waals surface area (Å²) in [6.45, 7) is 1.47. The van der Waals surface area contributed by atoms with Crippen molar-refractivity contribution >= 4 is 46.6 Å². The van der Waals surface area contributed by atoms with E-state index in [9.17, 15) is 4.39 Å². The minimum atomic E-state index is -0.425. The third kappa shape index (κ3) is 2.79. The van der Waals surface area contributed by atoms with E-state index >= 15 is 0 Å². The first-order valence-electron chi connectivity index (χ1n) is 6.92. The Morgan fingerprint density at radius 2 is 2.13 bits per heavy atom. The second-order valence-electron chi connectivity index (χ2n) is 5.44. The number of hydrogen-bond donors (Lipinski definition) is 1. The van der Waals surface area contributed by atoms with Crippen LogP contribution in [0.2, 0.25) is 0 Å². The SMILES string of the molecule is Cl.NC1=NC2(c3cccs3)CN(c3ncc(F)cn3)C[C@H]2CS1. The van der Waals surface area contributed by atoms with Crippen molar-refractivity contribution in [3.63, 3.8) is 0 Å². The Labute approximate surface area is 147 Å². The Morgan fingerprint density at radius 3 is 2.83 bits per heavy atom. The molecule has 2 aromatic heterocycles. The van der Waals surface area contributed by atoms with Crippen LogP contribution in [0.1, 0.15) is 4.88 Å². The van der Waals surface area contributed by atoms with Gasteiger partial charge in [0.2, 0.25) is 5.95 Å². The van der Waals surface area contributed by atoms with Gasteiger partial charge >= 0.3 is 0 Å². The van der Waals surface area contributed by atoms with Gasteiger partial charge in [-0.05, 0) is 11.4 Å². The third-order valence-corrected chi connectivity index (χ3v) is 6.12. The minimum Gasteiger partial charge on any atom is -0.379 e. The van der Waals surface area contributed by atoms with Crippen molar-refractivity contribution in [3.05, 3.63) is 40.6 Å². The molecule has 1 fully saturated rings. The lowest BCUT2D eigenvalue weighted by Crippen LogP contribution is -2.39. The number of aliphatic imine (C=N–C) groups is 1. The Kier molecular flexibility index (Phi) is 4.48. The van der Waals surface area contributed by atoms with Crippen LogP contribution in [0.25, 0.3) is 0 Å². The first-order chi connectivity index (χ1) is 10.7. The molecular weight excluding hydrogens is 357 g/mol. The van der Waals surface area contributed by atoms with Gasteiger partial charge in [-0.2, -0.15) is 0 Å². The third-order valence-electron chi connectivity index (χ3n) is 4.13. The van der Waals surface area contributed by atoms with E-state index in [4.69, 9.17) is 10.7 Å². The molecule has 2 N–H and O–H groups in total. The average Bonchev–Trinajstić information content (AvgIpc) is 3.15. The fourth-order valence-corrected chi connectivity index (χ4v) is 5.04. The normalized spacial score (nSPS) is 26.4. The zero-order chi connectivity index (χ0) is 15.2. The lowest BCUT2D eigenvalue weighted by molar-refractivity contribution is 0.395. The lowest BCUT2D eigenvalue weighted by atomic mass is 9.87. The van der Waals surface area contributed by atoms with E-state index < -0.39 is 5.82 Å². The molecule has 4 rings (SSSR count). The van der Waals surface area contributed by atoms with Crippen LogP contribution in [0.15, 0.2) is 34.9 Å². The molecule has 1 saturated heterocycles. The van der Waals surface area contributed by atoms with Crippen LogP contribution in [0, 0.1) is 11.7 Å². The highest BCUT2D eigenvalue weighted by Gasteiger charge is 2.51. The molecule has 2 aliphatic rings. The molecule has 2 atom stereocenters. The van der Waals surface area contributed by atoms with Crippen LogP contribution >= 0.6 is 35.5 Å². The summed E-state index contributed by atoms with van der Waals surface area (Å²) in [6, 6.07) is 4.15. The van der Waals surface area contributed by atoms with Crippen molar-refractivity contribution in [2.24, 2.45) is 16.6 Å². The summed E-state index contributed by atoms with van der Waals surface area (Å²) in [5.74, 6) is 1.39. The van der Waals surface area contributed by atoms with Gasteiger partial charge in [-0.15, -0.1) is 23.7 Å². The maximum absolute atomic E-state index is 13.0. The van der Waals surface area contributed by atoms with Crippen molar-refractivity contribution in [2.75, 3.05) is 23.7 Å². The van der Waals surface area contributed by atoms with Gasteiger partial charge in [0, 0.05) is 23.1 Å². The van der Waals surface area contributed by atoms with Crippen molar-refractivity contribution in [1.29, 1.82) is 0 Å². The van der Waals surface area contributed by atoms with Gasteiger partial charge in [0.15, 0.2) is 11.0 Å². The molecule has 4 heterocycles. The number of amidine groups is 1.